The standard InChI is InChI=1S/C19H27ClN2O4/c1-6-26-16-14(20)11-13(12-15(16)25-5)17(23)21-7-9-22(10-8-21)18(24)19(2,3)4/h11-12H,6-10H2,1-5H3. The molecule has 0 unspecified atom stereocenters. The van der Waals surface area contributed by atoms with Crippen LogP contribution in [0.15, 0.2) is 12.1 Å². The van der Waals surface area contributed by atoms with Gasteiger partial charge in [-0.1, -0.05) is 32.4 Å². The van der Waals surface area contributed by atoms with Crippen LogP contribution in [-0.4, -0.2) is 61.5 Å². The zero-order valence-corrected chi connectivity index (χ0v) is 16.9. The number of piperazine rings is 1. The van der Waals surface area contributed by atoms with E-state index in [2.05, 4.69) is 0 Å². The van der Waals surface area contributed by atoms with Crippen molar-refractivity contribution < 1.29 is 19.1 Å². The highest BCUT2D eigenvalue weighted by Gasteiger charge is 2.31. The van der Waals surface area contributed by atoms with Gasteiger partial charge in [-0.15, -0.1) is 0 Å². The Kier molecular flexibility index (Phi) is 6.39. The summed E-state index contributed by atoms with van der Waals surface area (Å²) in [5.41, 5.74) is 0.0354. The van der Waals surface area contributed by atoms with Crippen LogP contribution in [0.3, 0.4) is 0 Å². The molecule has 2 rings (SSSR count). The fourth-order valence-corrected chi connectivity index (χ4v) is 3.16. The fourth-order valence-electron chi connectivity index (χ4n) is 2.90. The van der Waals surface area contributed by atoms with Crippen molar-refractivity contribution in [2.45, 2.75) is 27.7 Å². The van der Waals surface area contributed by atoms with Crippen molar-refractivity contribution in [1.29, 1.82) is 0 Å². The van der Waals surface area contributed by atoms with Gasteiger partial charge in [0.05, 0.1) is 18.7 Å². The molecule has 0 aromatic heterocycles. The molecule has 26 heavy (non-hydrogen) atoms. The topological polar surface area (TPSA) is 59.1 Å². The van der Waals surface area contributed by atoms with Crippen molar-refractivity contribution in [2.75, 3.05) is 39.9 Å². The number of nitrogens with zero attached hydrogens (tertiary/aromatic N) is 2. The number of hydrogen-bond acceptors (Lipinski definition) is 4. The number of hydrogen-bond donors (Lipinski definition) is 0. The summed E-state index contributed by atoms with van der Waals surface area (Å²) in [4.78, 5) is 28.7. The van der Waals surface area contributed by atoms with Crippen molar-refractivity contribution in [3.8, 4) is 11.5 Å². The van der Waals surface area contributed by atoms with E-state index in [1.54, 1.807) is 17.0 Å². The van der Waals surface area contributed by atoms with Crippen LogP contribution in [0.4, 0.5) is 0 Å². The van der Waals surface area contributed by atoms with Crippen molar-refractivity contribution in [1.82, 2.24) is 9.80 Å². The molecule has 0 N–H and O–H groups in total. The Morgan fingerprint density at radius 1 is 1.12 bits per heavy atom. The Bertz CT molecular complexity index is 677. The van der Waals surface area contributed by atoms with E-state index in [-0.39, 0.29) is 11.8 Å². The first kappa shape index (κ1) is 20.4. The molecule has 1 aliphatic heterocycles. The number of halogens is 1. The lowest BCUT2D eigenvalue weighted by atomic mass is 9.94. The van der Waals surface area contributed by atoms with Gasteiger partial charge in [-0.2, -0.15) is 0 Å². The van der Waals surface area contributed by atoms with Crippen LogP contribution in [0, 0.1) is 5.41 Å². The molecule has 1 fully saturated rings. The van der Waals surface area contributed by atoms with Gasteiger partial charge in [0.1, 0.15) is 0 Å². The molecular formula is C19H27ClN2O4. The highest BCUT2D eigenvalue weighted by atomic mass is 35.5. The molecule has 0 radical (unpaired) electrons. The van der Waals surface area contributed by atoms with Crippen molar-refractivity contribution in [3.63, 3.8) is 0 Å². The van der Waals surface area contributed by atoms with Crippen LogP contribution >= 0.6 is 11.6 Å². The number of carbonyl (C=O) groups is 2. The summed E-state index contributed by atoms with van der Waals surface area (Å²) >= 11 is 6.26. The van der Waals surface area contributed by atoms with Gasteiger partial charge in [-0.25, -0.2) is 0 Å². The molecule has 1 saturated heterocycles. The third-order valence-electron chi connectivity index (χ3n) is 4.26. The molecule has 0 bridgehead atoms. The molecular weight excluding hydrogens is 356 g/mol. The number of rotatable bonds is 4. The molecule has 2 amide bonds. The van der Waals surface area contributed by atoms with Crippen LogP contribution in [-0.2, 0) is 4.79 Å². The molecule has 1 aliphatic rings. The molecule has 0 spiro atoms. The number of benzene rings is 1. The summed E-state index contributed by atoms with van der Waals surface area (Å²) in [6.07, 6.45) is 0. The van der Waals surface area contributed by atoms with Crippen LogP contribution in [0.2, 0.25) is 5.02 Å². The number of carbonyl (C=O) groups excluding carboxylic acids is 2. The van der Waals surface area contributed by atoms with Crippen LogP contribution in [0.25, 0.3) is 0 Å². The van der Waals surface area contributed by atoms with Crippen LogP contribution in [0.1, 0.15) is 38.1 Å². The third kappa shape index (κ3) is 4.41. The van der Waals surface area contributed by atoms with Crippen LogP contribution in [0.5, 0.6) is 11.5 Å². The Hall–Kier alpha value is -1.95. The summed E-state index contributed by atoms with van der Waals surface area (Å²) in [6.45, 7) is 10.1. The fraction of sp³-hybridized carbons (Fsp3) is 0.579. The second-order valence-electron chi connectivity index (χ2n) is 7.26. The van der Waals surface area contributed by atoms with E-state index in [0.717, 1.165) is 0 Å². The first-order chi connectivity index (χ1) is 12.2. The lowest BCUT2D eigenvalue weighted by Gasteiger charge is -2.37. The minimum Gasteiger partial charge on any atom is -0.493 e. The van der Waals surface area contributed by atoms with Gasteiger partial charge < -0.3 is 19.3 Å². The lowest BCUT2D eigenvalue weighted by molar-refractivity contribution is -0.140. The van der Waals surface area contributed by atoms with Gasteiger partial charge in [0.25, 0.3) is 5.91 Å². The largest absolute Gasteiger partial charge is 0.493 e. The Balaban J connectivity index is 2.11. The molecule has 7 heteroatoms. The van der Waals surface area contributed by atoms with E-state index in [0.29, 0.717) is 54.9 Å². The maximum Gasteiger partial charge on any atom is 0.254 e. The predicted octanol–water partition coefficient (Wildman–Crippen LogP) is 3.08. The number of ether oxygens (including phenoxy) is 2. The Labute approximate surface area is 160 Å². The second kappa shape index (κ2) is 8.16. The number of amides is 2. The molecule has 144 valence electrons. The van der Waals surface area contributed by atoms with Gasteiger partial charge >= 0.3 is 0 Å². The summed E-state index contributed by atoms with van der Waals surface area (Å²) in [5, 5.41) is 0.344. The first-order valence-corrected chi connectivity index (χ1v) is 9.15. The minimum absolute atomic E-state index is 0.107. The predicted molar refractivity (Wildman–Crippen MR) is 101 cm³/mol. The summed E-state index contributed by atoms with van der Waals surface area (Å²) < 4.78 is 10.8. The van der Waals surface area contributed by atoms with E-state index < -0.39 is 5.41 Å². The Morgan fingerprint density at radius 2 is 1.69 bits per heavy atom. The van der Waals surface area contributed by atoms with Gasteiger partial charge in [-0.3, -0.25) is 9.59 Å². The smallest absolute Gasteiger partial charge is 0.254 e. The number of methoxy groups -OCH3 is 1. The highest BCUT2D eigenvalue weighted by molar-refractivity contribution is 6.32. The van der Waals surface area contributed by atoms with Gasteiger partial charge in [-0.05, 0) is 19.1 Å². The van der Waals surface area contributed by atoms with Gasteiger partial charge in [0.2, 0.25) is 5.91 Å². The monoisotopic (exact) mass is 382 g/mol. The summed E-state index contributed by atoms with van der Waals surface area (Å²) in [5.74, 6) is 0.851. The first-order valence-electron chi connectivity index (χ1n) is 8.78. The normalized spacial score (nSPS) is 15.0. The van der Waals surface area contributed by atoms with E-state index in [9.17, 15) is 9.59 Å². The molecule has 0 atom stereocenters. The SMILES string of the molecule is CCOc1c(Cl)cc(C(=O)N2CCN(C(=O)C(C)(C)C)CC2)cc1OC. The van der Waals surface area contributed by atoms with Crippen LogP contribution < -0.4 is 9.47 Å². The maximum absolute atomic E-state index is 12.8. The Morgan fingerprint density at radius 3 is 2.19 bits per heavy atom. The minimum atomic E-state index is -0.415. The lowest BCUT2D eigenvalue weighted by Crippen LogP contribution is -2.53. The average Bonchev–Trinajstić information content (AvgIpc) is 2.61. The van der Waals surface area contributed by atoms with Crippen molar-refractivity contribution in [3.05, 3.63) is 22.7 Å². The molecule has 1 aromatic carbocycles. The summed E-state index contributed by atoms with van der Waals surface area (Å²) in [6, 6.07) is 3.25. The second-order valence-corrected chi connectivity index (χ2v) is 7.66. The molecule has 1 heterocycles. The average molecular weight is 383 g/mol. The zero-order chi connectivity index (χ0) is 19.5. The maximum atomic E-state index is 12.8. The van der Waals surface area contributed by atoms with E-state index in [1.807, 2.05) is 32.6 Å². The zero-order valence-electron chi connectivity index (χ0n) is 16.1. The van der Waals surface area contributed by atoms with Crippen molar-refractivity contribution in [2.24, 2.45) is 5.41 Å². The van der Waals surface area contributed by atoms with E-state index >= 15 is 0 Å². The molecule has 1 aromatic rings. The highest BCUT2D eigenvalue weighted by Crippen LogP contribution is 2.36. The van der Waals surface area contributed by atoms with Gasteiger partial charge in [0.15, 0.2) is 11.5 Å². The third-order valence-corrected chi connectivity index (χ3v) is 4.54. The molecule has 0 aliphatic carbocycles. The van der Waals surface area contributed by atoms with Crippen molar-refractivity contribution >= 4 is 23.4 Å². The molecule has 6 nitrogen and oxygen atoms in total. The van der Waals surface area contributed by atoms with E-state index in [1.165, 1.54) is 7.11 Å². The molecule has 0 saturated carbocycles. The van der Waals surface area contributed by atoms with Gasteiger partial charge in [0, 0.05) is 37.2 Å². The van der Waals surface area contributed by atoms with E-state index in [4.69, 9.17) is 21.1 Å². The quantitative estimate of drug-likeness (QED) is 0.803. The summed E-state index contributed by atoms with van der Waals surface area (Å²) in [7, 11) is 1.51.